The highest BCUT2D eigenvalue weighted by Crippen LogP contribution is 2.27. The summed E-state index contributed by atoms with van der Waals surface area (Å²) in [5, 5.41) is 13.3. The average molecular weight is 496 g/mol. The molecule has 8 heteroatoms. The number of nitrogens with one attached hydrogen (secondary N) is 1. The molecular formula is C28H30FNO6. The number of alkyl halides is 1. The van der Waals surface area contributed by atoms with E-state index in [1.807, 2.05) is 91.0 Å². The molecule has 2 N–H and O–H groups in total. The van der Waals surface area contributed by atoms with Crippen LogP contribution in [-0.4, -0.2) is 48.5 Å². The highest BCUT2D eigenvalue weighted by Gasteiger charge is 2.48. The zero-order valence-corrected chi connectivity index (χ0v) is 19.7. The van der Waals surface area contributed by atoms with Gasteiger partial charge in [-0.2, -0.15) is 0 Å². The van der Waals surface area contributed by atoms with E-state index in [1.165, 1.54) is 0 Å². The first-order chi connectivity index (χ1) is 17.6. The lowest BCUT2D eigenvalue weighted by Gasteiger charge is -2.44. The summed E-state index contributed by atoms with van der Waals surface area (Å²) in [6, 6.07) is 27.0. The summed E-state index contributed by atoms with van der Waals surface area (Å²) in [5.41, 5.74) is 2.57. The second kappa shape index (κ2) is 13.1. The molecule has 0 spiro atoms. The Morgan fingerprint density at radius 1 is 0.778 bits per heavy atom. The number of rotatable bonds is 10. The molecule has 36 heavy (non-hydrogen) atoms. The predicted octanol–water partition coefficient (Wildman–Crippen LogP) is 4.14. The fraction of sp³-hybridized carbons (Fsp3) is 0.321. The normalized spacial score (nSPS) is 23.7. The lowest BCUT2D eigenvalue weighted by atomic mass is 9.96. The third-order valence-electron chi connectivity index (χ3n) is 5.89. The molecule has 4 rings (SSSR count). The third kappa shape index (κ3) is 7.11. The number of ether oxygens (including phenoxy) is 4. The van der Waals surface area contributed by atoms with Crippen molar-refractivity contribution in [3.63, 3.8) is 0 Å². The van der Waals surface area contributed by atoms with E-state index in [0.717, 1.165) is 16.7 Å². The Morgan fingerprint density at radius 3 is 1.75 bits per heavy atom. The van der Waals surface area contributed by atoms with Crippen LogP contribution in [0.25, 0.3) is 0 Å². The number of hydrogen-bond acceptors (Lipinski definition) is 6. The molecule has 0 aliphatic carbocycles. The van der Waals surface area contributed by atoms with Crippen LogP contribution in [0.15, 0.2) is 91.0 Å². The molecule has 0 radical (unpaired) electrons. The fourth-order valence-corrected chi connectivity index (χ4v) is 4.03. The van der Waals surface area contributed by atoms with Gasteiger partial charge in [-0.05, 0) is 16.7 Å². The largest absolute Gasteiger partial charge is 0.445 e. The summed E-state index contributed by atoms with van der Waals surface area (Å²) in [7, 11) is 0. The summed E-state index contributed by atoms with van der Waals surface area (Å²) < 4.78 is 37.0. The topological polar surface area (TPSA) is 86.3 Å². The Labute approximate surface area is 209 Å². The van der Waals surface area contributed by atoms with Crippen molar-refractivity contribution in [3.05, 3.63) is 108 Å². The maximum absolute atomic E-state index is 14.0. The van der Waals surface area contributed by atoms with Crippen molar-refractivity contribution in [1.29, 1.82) is 0 Å². The maximum Gasteiger partial charge on any atom is 0.407 e. The molecule has 1 aliphatic rings. The molecule has 3 aromatic rings. The van der Waals surface area contributed by atoms with E-state index in [0.29, 0.717) is 0 Å². The number of aliphatic hydroxyl groups is 1. The summed E-state index contributed by atoms with van der Waals surface area (Å²) in [4.78, 5) is 12.6. The standard InChI is InChI=1S/C28H30FNO6/c29-16-23-25(33-17-20-10-4-1-5-11-20)26(34-18-21-12-6-2-7-13-21)24(27(31)36-23)30-28(32)35-19-22-14-8-3-9-15-22/h1-15,23-27,31H,16-19H2,(H,30,32)/t23-,24-,25-,26-,27?/m0/s1. The SMILES string of the molecule is O=C(N[C@@H]1C(O)O[C@@H](CF)[C@H](OCc2ccccc2)[C@H]1OCc1ccccc1)OCc1ccccc1. The van der Waals surface area contributed by atoms with Crippen LogP contribution in [-0.2, 0) is 38.8 Å². The number of amides is 1. The Morgan fingerprint density at radius 2 is 1.25 bits per heavy atom. The zero-order valence-electron chi connectivity index (χ0n) is 19.7. The highest BCUT2D eigenvalue weighted by atomic mass is 19.1. The molecule has 1 unspecified atom stereocenters. The van der Waals surface area contributed by atoms with Gasteiger partial charge < -0.3 is 29.4 Å². The number of carbonyl (C=O) groups is 1. The minimum Gasteiger partial charge on any atom is -0.445 e. The van der Waals surface area contributed by atoms with Gasteiger partial charge in [0.15, 0.2) is 6.29 Å². The van der Waals surface area contributed by atoms with Crippen molar-refractivity contribution in [2.75, 3.05) is 6.67 Å². The van der Waals surface area contributed by atoms with Crippen molar-refractivity contribution < 1.29 is 33.2 Å². The monoisotopic (exact) mass is 495 g/mol. The molecule has 0 saturated carbocycles. The van der Waals surface area contributed by atoms with Gasteiger partial charge in [0.2, 0.25) is 0 Å². The number of carbonyl (C=O) groups excluding carboxylic acids is 1. The van der Waals surface area contributed by atoms with Crippen LogP contribution in [0, 0.1) is 0 Å². The molecule has 7 nitrogen and oxygen atoms in total. The van der Waals surface area contributed by atoms with Crippen LogP contribution in [0.3, 0.4) is 0 Å². The molecule has 190 valence electrons. The summed E-state index contributed by atoms with van der Waals surface area (Å²) in [5.74, 6) is 0. The lowest BCUT2D eigenvalue weighted by molar-refractivity contribution is -0.271. The Balaban J connectivity index is 1.49. The molecule has 1 aliphatic heterocycles. The van der Waals surface area contributed by atoms with E-state index >= 15 is 0 Å². The third-order valence-corrected chi connectivity index (χ3v) is 5.89. The number of hydrogen-bond donors (Lipinski definition) is 2. The first kappa shape index (κ1) is 25.8. The average Bonchev–Trinajstić information content (AvgIpc) is 2.93. The van der Waals surface area contributed by atoms with E-state index in [9.17, 15) is 14.3 Å². The van der Waals surface area contributed by atoms with E-state index in [4.69, 9.17) is 18.9 Å². The maximum atomic E-state index is 14.0. The number of benzene rings is 3. The van der Waals surface area contributed by atoms with Gasteiger partial charge in [-0.25, -0.2) is 9.18 Å². The second-order valence-corrected chi connectivity index (χ2v) is 8.47. The summed E-state index contributed by atoms with van der Waals surface area (Å²) in [6.07, 6.45) is -5.18. The van der Waals surface area contributed by atoms with E-state index in [-0.39, 0.29) is 19.8 Å². The van der Waals surface area contributed by atoms with Crippen molar-refractivity contribution in [1.82, 2.24) is 5.32 Å². The van der Waals surface area contributed by atoms with E-state index in [1.54, 1.807) is 0 Å². The first-order valence-corrected chi connectivity index (χ1v) is 11.8. The van der Waals surface area contributed by atoms with E-state index < -0.39 is 43.4 Å². The number of halogens is 1. The summed E-state index contributed by atoms with van der Waals surface area (Å²) in [6.45, 7) is -0.503. The smallest absolute Gasteiger partial charge is 0.407 e. The van der Waals surface area contributed by atoms with Crippen molar-refractivity contribution >= 4 is 6.09 Å². The highest BCUT2D eigenvalue weighted by molar-refractivity contribution is 5.67. The Bertz CT molecular complexity index is 1060. The van der Waals surface area contributed by atoms with Crippen LogP contribution in [0.2, 0.25) is 0 Å². The van der Waals surface area contributed by atoms with Crippen LogP contribution in [0.1, 0.15) is 16.7 Å². The van der Waals surface area contributed by atoms with Gasteiger partial charge in [-0.1, -0.05) is 91.0 Å². The molecule has 1 saturated heterocycles. The lowest BCUT2D eigenvalue weighted by Crippen LogP contribution is -2.65. The molecule has 3 aromatic carbocycles. The fourth-order valence-electron chi connectivity index (χ4n) is 4.03. The van der Waals surface area contributed by atoms with Gasteiger partial charge in [0.25, 0.3) is 0 Å². The van der Waals surface area contributed by atoms with Crippen molar-refractivity contribution in [3.8, 4) is 0 Å². The Kier molecular flexibility index (Phi) is 9.40. The van der Waals surface area contributed by atoms with Gasteiger partial charge in [0.05, 0.1) is 13.2 Å². The quantitative estimate of drug-likeness (QED) is 0.440. The summed E-state index contributed by atoms with van der Waals surface area (Å²) >= 11 is 0. The van der Waals surface area contributed by atoms with Crippen LogP contribution < -0.4 is 5.32 Å². The molecular weight excluding hydrogens is 465 g/mol. The predicted molar refractivity (Wildman–Crippen MR) is 130 cm³/mol. The van der Waals surface area contributed by atoms with Gasteiger partial charge in [0, 0.05) is 0 Å². The molecule has 1 heterocycles. The molecule has 1 fully saturated rings. The minimum absolute atomic E-state index is 0.0485. The van der Waals surface area contributed by atoms with Gasteiger partial charge in [0.1, 0.15) is 37.6 Å². The van der Waals surface area contributed by atoms with Crippen LogP contribution in [0.5, 0.6) is 0 Å². The van der Waals surface area contributed by atoms with Gasteiger partial charge >= 0.3 is 6.09 Å². The minimum atomic E-state index is -1.52. The van der Waals surface area contributed by atoms with E-state index in [2.05, 4.69) is 5.32 Å². The number of alkyl carbamates (subject to hydrolysis) is 1. The Hall–Kier alpha value is -3.30. The van der Waals surface area contributed by atoms with Crippen molar-refractivity contribution in [2.24, 2.45) is 0 Å². The molecule has 0 bridgehead atoms. The van der Waals surface area contributed by atoms with Gasteiger partial charge in [-0.3, -0.25) is 0 Å². The first-order valence-electron chi connectivity index (χ1n) is 11.8. The van der Waals surface area contributed by atoms with Crippen molar-refractivity contribution in [2.45, 2.75) is 50.5 Å². The molecule has 1 amide bonds. The number of aliphatic hydroxyl groups excluding tert-OH is 1. The van der Waals surface area contributed by atoms with Crippen LogP contribution in [0.4, 0.5) is 9.18 Å². The molecule has 5 atom stereocenters. The van der Waals surface area contributed by atoms with Gasteiger partial charge in [-0.15, -0.1) is 0 Å². The second-order valence-electron chi connectivity index (χ2n) is 8.47. The molecule has 0 aromatic heterocycles. The van der Waals surface area contributed by atoms with Crippen LogP contribution >= 0.6 is 0 Å². The zero-order chi connectivity index (χ0) is 25.2.